The van der Waals surface area contributed by atoms with Crippen LogP contribution in [0.25, 0.3) is 0 Å². The molecule has 2 rings (SSSR count). The number of aryl methyl sites for hydroxylation is 2. The highest BCUT2D eigenvalue weighted by Gasteiger charge is 2.04. The highest BCUT2D eigenvalue weighted by Crippen LogP contribution is 2.16. The third-order valence-electron chi connectivity index (χ3n) is 2.84. The first kappa shape index (κ1) is 22.1. The van der Waals surface area contributed by atoms with Crippen LogP contribution >= 0.6 is 36.6 Å². The Hall–Kier alpha value is -0.950. The molecule has 5 nitrogen and oxygen atoms in total. The fourth-order valence-electron chi connectivity index (χ4n) is 2.00. The summed E-state index contributed by atoms with van der Waals surface area (Å²) >= 11 is 1.78. The van der Waals surface area contributed by atoms with Gasteiger partial charge in [0.15, 0.2) is 0 Å². The first-order chi connectivity index (χ1) is 10.0. The number of hydrogen-bond acceptors (Lipinski definition) is 5. The lowest BCUT2D eigenvalue weighted by atomic mass is 10.4. The molecule has 0 bridgehead atoms. The Balaban J connectivity index is 0.00000242. The zero-order valence-electron chi connectivity index (χ0n) is 13.5. The van der Waals surface area contributed by atoms with E-state index in [1.165, 1.54) is 6.07 Å². The van der Waals surface area contributed by atoms with E-state index in [9.17, 15) is 4.79 Å². The third-order valence-corrected chi connectivity index (χ3v) is 3.82. The topological polar surface area (TPSA) is 62.1 Å². The van der Waals surface area contributed by atoms with Gasteiger partial charge in [0.05, 0.1) is 12.3 Å². The van der Waals surface area contributed by atoms with Gasteiger partial charge >= 0.3 is 0 Å². The smallest absolute Gasteiger partial charge is 0.251 e. The number of rotatable bonds is 7. The van der Waals surface area contributed by atoms with Crippen LogP contribution in [-0.2, 0) is 18.7 Å². The van der Waals surface area contributed by atoms with E-state index in [-0.39, 0.29) is 30.4 Å². The fraction of sp³-hybridized carbons (Fsp3) is 0.467. The molecule has 1 N–H and O–H groups in total. The molecule has 0 aliphatic rings. The molecule has 0 saturated heterocycles. The number of hydrogen-bond donors (Lipinski definition) is 1. The molecule has 23 heavy (non-hydrogen) atoms. The monoisotopic (exact) mass is 379 g/mol. The number of thioether (sulfide) groups is 1. The van der Waals surface area contributed by atoms with Gasteiger partial charge in [-0.05, 0) is 33.2 Å². The molecule has 8 heteroatoms. The number of aromatic nitrogens is 2. The van der Waals surface area contributed by atoms with E-state index in [2.05, 4.69) is 14.9 Å². The van der Waals surface area contributed by atoms with Crippen molar-refractivity contribution in [2.75, 3.05) is 19.8 Å². The maximum atomic E-state index is 11.3. The van der Waals surface area contributed by atoms with E-state index in [0.717, 1.165) is 47.5 Å². The van der Waals surface area contributed by atoms with Crippen molar-refractivity contribution in [2.24, 2.45) is 0 Å². The van der Waals surface area contributed by atoms with Crippen LogP contribution in [0.4, 0.5) is 0 Å². The molecule has 0 aliphatic carbocycles. The van der Waals surface area contributed by atoms with Crippen LogP contribution < -0.4 is 5.56 Å². The summed E-state index contributed by atoms with van der Waals surface area (Å²) in [5, 5.41) is 0. The van der Waals surface area contributed by atoms with E-state index >= 15 is 0 Å². The maximum Gasteiger partial charge on any atom is 0.251 e. The second kappa shape index (κ2) is 10.8. The summed E-state index contributed by atoms with van der Waals surface area (Å²) in [5.74, 6) is 4.46. The maximum absolute atomic E-state index is 11.3. The summed E-state index contributed by atoms with van der Waals surface area (Å²) in [5.41, 5.74) is 0.681. The molecule has 0 saturated carbocycles. The van der Waals surface area contributed by atoms with Crippen molar-refractivity contribution < 1.29 is 4.42 Å². The molecule has 0 aliphatic heterocycles. The quantitative estimate of drug-likeness (QED) is 0.748. The number of H-pyrrole nitrogens is 1. The molecule has 2 heterocycles. The Morgan fingerprint density at radius 3 is 2.61 bits per heavy atom. The van der Waals surface area contributed by atoms with Crippen LogP contribution in [0.2, 0.25) is 0 Å². The molecular formula is C15H23Cl2N3O2S. The van der Waals surface area contributed by atoms with Crippen LogP contribution in [-0.4, -0.2) is 34.7 Å². The van der Waals surface area contributed by atoms with Crippen molar-refractivity contribution in [3.8, 4) is 0 Å². The van der Waals surface area contributed by atoms with Gasteiger partial charge in [-0.15, -0.1) is 24.8 Å². The average Bonchev–Trinajstić information content (AvgIpc) is 2.80. The van der Waals surface area contributed by atoms with Gasteiger partial charge in [-0.25, -0.2) is 4.98 Å². The minimum atomic E-state index is -0.0816. The Morgan fingerprint density at radius 2 is 1.96 bits per heavy atom. The van der Waals surface area contributed by atoms with E-state index in [1.54, 1.807) is 11.8 Å². The molecule has 2 aromatic heterocycles. The number of halogens is 2. The summed E-state index contributed by atoms with van der Waals surface area (Å²) < 4.78 is 5.75. The molecule has 0 atom stereocenters. The molecular weight excluding hydrogens is 357 g/mol. The van der Waals surface area contributed by atoms with E-state index < -0.39 is 0 Å². The zero-order chi connectivity index (χ0) is 15.2. The summed E-state index contributed by atoms with van der Waals surface area (Å²) in [6.07, 6.45) is 0.757. The number of furan rings is 1. The van der Waals surface area contributed by atoms with Gasteiger partial charge in [0.2, 0.25) is 0 Å². The van der Waals surface area contributed by atoms with Crippen molar-refractivity contribution in [1.82, 2.24) is 14.9 Å². The van der Waals surface area contributed by atoms with E-state index in [1.807, 2.05) is 33.2 Å². The number of nitrogens with zero attached hydrogens (tertiary/aromatic N) is 2. The number of aromatic amines is 1. The van der Waals surface area contributed by atoms with E-state index in [0.29, 0.717) is 0 Å². The molecule has 0 radical (unpaired) electrons. The predicted molar refractivity (Wildman–Crippen MR) is 100 cm³/mol. The minimum Gasteiger partial charge on any atom is -0.464 e. The first-order valence-electron chi connectivity index (χ1n) is 6.90. The molecule has 2 aromatic rings. The van der Waals surface area contributed by atoms with Gasteiger partial charge < -0.3 is 14.3 Å². The van der Waals surface area contributed by atoms with Crippen LogP contribution in [0.15, 0.2) is 27.4 Å². The second-order valence-corrected chi connectivity index (χ2v) is 6.35. The Labute approximate surface area is 153 Å². The Kier molecular flexibility index (Phi) is 10.3. The summed E-state index contributed by atoms with van der Waals surface area (Å²) in [7, 11) is 4.04. The van der Waals surface area contributed by atoms with Crippen molar-refractivity contribution in [2.45, 2.75) is 25.6 Å². The lowest BCUT2D eigenvalue weighted by Gasteiger charge is -2.05. The van der Waals surface area contributed by atoms with Gasteiger partial charge in [0.25, 0.3) is 5.56 Å². The van der Waals surface area contributed by atoms with Gasteiger partial charge in [-0.1, -0.05) is 0 Å². The number of nitrogens with one attached hydrogen (secondary N) is 1. The minimum absolute atomic E-state index is 0. The van der Waals surface area contributed by atoms with Crippen LogP contribution in [0.5, 0.6) is 0 Å². The second-order valence-electron chi connectivity index (χ2n) is 5.24. The van der Waals surface area contributed by atoms with Gasteiger partial charge in [-0.3, -0.25) is 4.79 Å². The predicted octanol–water partition coefficient (Wildman–Crippen LogP) is 3.05. The fourth-order valence-corrected chi connectivity index (χ4v) is 2.84. The van der Waals surface area contributed by atoms with Crippen LogP contribution in [0, 0.1) is 6.92 Å². The standard InChI is InChI=1S/C15H21N3O2S.2ClH/c1-11-8-15(19)17-14(16-11)6-7-21-10-13-5-4-12(20-13)9-18(2)3;;/h4-5,8H,6-7,9-10H2,1-3H3,(H,16,17,19);2*1H. The Morgan fingerprint density at radius 1 is 1.26 bits per heavy atom. The van der Waals surface area contributed by atoms with Crippen molar-refractivity contribution >= 4 is 36.6 Å². The van der Waals surface area contributed by atoms with Crippen LogP contribution in [0.3, 0.4) is 0 Å². The summed E-state index contributed by atoms with van der Waals surface area (Å²) in [6.45, 7) is 2.65. The molecule has 0 fully saturated rings. The molecule has 0 spiro atoms. The lowest BCUT2D eigenvalue weighted by molar-refractivity contribution is 0.344. The normalized spacial score (nSPS) is 10.3. The third kappa shape index (κ3) is 7.92. The van der Waals surface area contributed by atoms with Crippen LogP contribution in [0.1, 0.15) is 23.0 Å². The van der Waals surface area contributed by atoms with Crippen molar-refractivity contribution in [3.63, 3.8) is 0 Å². The lowest BCUT2D eigenvalue weighted by Crippen LogP contribution is -2.11. The highest BCUT2D eigenvalue weighted by atomic mass is 35.5. The van der Waals surface area contributed by atoms with Gasteiger partial charge in [-0.2, -0.15) is 11.8 Å². The van der Waals surface area contributed by atoms with Gasteiger partial charge in [0.1, 0.15) is 17.3 Å². The Bertz CT molecular complexity index is 644. The summed E-state index contributed by atoms with van der Waals surface area (Å²) in [6, 6.07) is 5.56. The molecule has 0 aromatic carbocycles. The zero-order valence-corrected chi connectivity index (χ0v) is 15.9. The highest BCUT2D eigenvalue weighted by molar-refractivity contribution is 7.98. The summed E-state index contributed by atoms with van der Waals surface area (Å²) in [4.78, 5) is 20.5. The molecule has 130 valence electrons. The van der Waals surface area contributed by atoms with E-state index in [4.69, 9.17) is 4.42 Å². The molecule has 0 amide bonds. The first-order valence-corrected chi connectivity index (χ1v) is 8.05. The molecule has 0 unspecified atom stereocenters. The SMILES string of the molecule is Cc1cc(=O)[nH]c(CCSCc2ccc(CN(C)C)o2)n1.Cl.Cl. The van der Waals surface area contributed by atoms with Crippen molar-refractivity contribution in [3.05, 3.63) is 51.6 Å². The average molecular weight is 380 g/mol. The van der Waals surface area contributed by atoms with Gasteiger partial charge in [0, 0.05) is 23.9 Å². The van der Waals surface area contributed by atoms with Crippen molar-refractivity contribution in [1.29, 1.82) is 0 Å². The largest absolute Gasteiger partial charge is 0.464 e.